The summed E-state index contributed by atoms with van der Waals surface area (Å²) in [5.41, 5.74) is 1.34. The third-order valence-corrected chi connectivity index (χ3v) is 6.75. The van der Waals surface area contributed by atoms with Gasteiger partial charge in [-0.15, -0.1) is 11.3 Å². The molecular formula is C20H20FN3O2S2. The fourth-order valence-electron chi connectivity index (χ4n) is 3.50. The van der Waals surface area contributed by atoms with Crippen LogP contribution in [0.15, 0.2) is 34.2 Å². The summed E-state index contributed by atoms with van der Waals surface area (Å²) in [4.78, 5) is 35.9. The minimum absolute atomic E-state index is 0.0850. The first-order chi connectivity index (χ1) is 13.5. The highest BCUT2D eigenvalue weighted by atomic mass is 32.2. The number of thioether (sulfide) groups is 1. The van der Waals surface area contributed by atoms with Gasteiger partial charge in [0, 0.05) is 23.5 Å². The molecule has 1 N–H and O–H groups in total. The Kier molecular flexibility index (Phi) is 5.50. The predicted molar refractivity (Wildman–Crippen MR) is 112 cm³/mol. The molecule has 0 unspecified atom stereocenters. The van der Waals surface area contributed by atoms with E-state index in [4.69, 9.17) is 0 Å². The fraction of sp³-hybridized carbons (Fsp3) is 0.350. The van der Waals surface area contributed by atoms with E-state index in [1.54, 1.807) is 12.1 Å². The second kappa shape index (κ2) is 8.05. The molecular weight excluding hydrogens is 397 g/mol. The Morgan fingerprint density at radius 1 is 1.25 bits per heavy atom. The Morgan fingerprint density at radius 2 is 1.96 bits per heavy atom. The van der Waals surface area contributed by atoms with E-state index in [9.17, 15) is 14.0 Å². The normalized spacial score (nSPS) is 14.6. The molecule has 1 saturated heterocycles. The molecule has 0 spiro atoms. The molecule has 1 amide bonds. The summed E-state index contributed by atoms with van der Waals surface area (Å²) in [6, 6.07) is 6.11. The van der Waals surface area contributed by atoms with Crippen LogP contribution in [-0.4, -0.2) is 39.6 Å². The van der Waals surface area contributed by atoms with Crippen molar-refractivity contribution in [3.05, 3.63) is 45.3 Å². The molecule has 5 nitrogen and oxygen atoms in total. The van der Waals surface area contributed by atoms with Crippen LogP contribution in [0.1, 0.15) is 24.1 Å². The van der Waals surface area contributed by atoms with E-state index in [1.807, 2.05) is 11.8 Å². The number of aromatic amines is 1. The van der Waals surface area contributed by atoms with Crippen LogP contribution in [0, 0.1) is 12.7 Å². The lowest BCUT2D eigenvalue weighted by molar-refractivity contribution is -0.129. The number of carbonyl (C=O) groups excluding carboxylic acids is 1. The quantitative estimate of drug-likeness (QED) is 0.510. The van der Waals surface area contributed by atoms with Crippen molar-refractivity contribution in [1.82, 2.24) is 14.9 Å². The van der Waals surface area contributed by atoms with Gasteiger partial charge in [0.1, 0.15) is 10.6 Å². The molecule has 1 aromatic carbocycles. The van der Waals surface area contributed by atoms with Crippen molar-refractivity contribution in [3.63, 3.8) is 0 Å². The lowest BCUT2D eigenvalue weighted by atomic mass is 10.0. The van der Waals surface area contributed by atoms with Crippen molar-refractivity contribution in [3.8, 4) is 11.1 Å². The van der Waals surface area contributed by atoms with Crippen molar-refractivity contribution in [2.75, 3.05) is 18.8 Å². The van der Waals surface area contributed by atoms with Crippen LogP contribution in [0.2, 0.25) is 0 Å². The van der Waals surface area contributed by atoms with Gasteiger partial charge in [-0.1, -0.05) is 23.9 Å². The molecule has 8 heteroatoms. The number of benzene rings is 1. The topological polar surface area (TPSA) is 66.1 Å². The van der Waals surface area contributed by atoms with E-state index in [2.05, 4.69) is 9.97 Å². The molecule has 146 valence electrons. The van der Waals surface area contributed by atoms with Gasteiger partial charge in [0.25, 0.3) is 5.56 Å². The number of carbonyl (C=O) groups is 1. The number of piperidine rings is 1. The Hall–Kier alpha value is -2.19. The third kappa shape index (κ3) is 3.84. The van der Waals surface area contributed by atoms with Crippen LogP contribution in [0.3, 0.4) is 0 Å². The molecule has 0 aliphatic carbocycles. The molecule has 1 fully saturated rings. The van der Waals surface area contributed by atoms with E-state index in [0.29, 0.717) is 15.4 Å². The number of hydrogen-bond donors (Lipinski definition) is 1. The third-order valence-electron chi connectivity index (χ3n) is 4.89. The Morgan fingerprint density at radius 3 is 2.68 bits per heavy atom. The van der Waals surface area contributed by atoms with E-state index >= 15 is 0 Å². The molecule has 28 heavy (non-hydrogen) atoms. The van der Waals surface area contributed by atoms with Gasteiger partial charge in [0.15, 0.2) is 5.16 Å². The monoisotopic (exact) mass is 417 g/mol. The lowest BCUT2D eigenvalue weighted by Gasteiger charge is -2.26. The van der Waals surface area contributed by atoms with Crippen LogP contribution in [0.5, 0.6) is 0 Å². The molecule has 1 aliphatic heterocycles. The summed E-state index contributed by atoms with van der Waals surface area (Å²) in [7, 11) is 0. The number of aryl methyl sites for hydroxylation is 1. The highest BCUT2D eigenvalue weighted by Gasteiger charge is 2.19. The first-order valence-corrected chi connectivity index (χ1v) is 11.0. The summed E-state index contributed by atoms with van der Waals surface area (Å²) in [6.45, 7) is 3.55. The molecule has 3 heterocycles. The number of amides is 1. The van der Waals surface area contributed by atoms with Gasteiger partial charge in [0.05, 0.1) is 11.1 Å². The Labute approximate surface area is 170 Å². The van der Waals surface area contributed by atoms with Crippen molar-refractivity contribution in [1.29, 1.82) is 0 Å². The van der Waals surface area contributed by atoms with Gasteiger partial charge in [-0.3, -0.25) is 9.59 Å². The standard InChI is InChI=1S/C20H20FN3O2S2/c1-12-16(13-5-7-14(21)8-6-13)17-18(26)22-20(23-19(17)28-12)27-11-15(25)24-9-3-2-4-10-24/h5-8H,2-4,9-11H2,1H3,(H,22,23,26). The molecule has 0 bridgehead atoms. The largest absolute Gasteiger partial charge is 0.342 e. The van der Waals surface area contributed by atoms with Crippen molar-refractivity contribution >= 4 is 39.2 Å². The maximum Gasteiger partial charge on any atom is 0.260 e. The van der Waals surface area contributed by atoms with E-state index in [0.717, 1.165) is 41.9 Å². The number of likely N-dealkylation sites (tertiary alicyclic amines) is 1. The number of halogens is 1. The Bertz CT molecular complexity index is 1070. The minimum atomic E-state index is -0.315. The molecule has 0 atom stereocenters. The number of H-pyrrole nitrogens is 1. The van der Waals surface area contributed by atoms with Crippen LogP contribution in [0.25, 0.3) is 21.3 Å². The number of nitrogens with zero attached hydrogens (tertiary/aromatic N) is 2. The lowest BCUT2D eigenvalue weighted by Crippen LogP contribution is -2.36. The summed E-state index contributed by atoms with van der Waals surface area (Å²) < 4.78 is 13.2. The minimum Gasteiger partial charge on any atom is -0.342 e. The SMILES string of the molecule is Cc1sc2nc(SCC(=O)N3CCCCC3)[nH]c(=O)c2c1-c1ccc(F)cc1. The van der Waals surface area contributed by atoms with Crippen molar-refractivity contribution in [2.45, 2.75) is 31.3 Å². The van der Waals surface area contributed by atoms with E-state index < -0.39 is 0 Å². The first kappa shape index (κ1) is 19.1. The molecule has 0 radical (unpaired) electrons. The number of aromatic nitrogens is 2. The second-order valence-electron chi connectivity index (χ2n) is 6.82. The average molecular weight is 418 g/mol. The molecule has 0 saturated carbocycles. The number of rotatable bonds is 4. The predicted octanol–water partition coefficient (Wildman–Crippen LogP) is 4.20. The molecule has 2 aromatic heterocycles. The number of fused-ring (bicyclic) bond motifs is 1. The number of hydrogen-bond acceptors (Lipinski definition) is 5. The highest BCUT2D eigenvalue weighted by molar-refractivity contribution is 7.99. The van der Waals surface area contributed by atoms with E-state index in [1.165, 1.54) is 41.7 Å². The summed E-state index contributed by atoms with van der Waals surface area (Å²) >= 11 is 2.70. The summed E-state index contributed by atoms with van der Waals surface area (Å²) in [6.07, 6.45) is 3.28. The molecule has 3 aromatic rings. The summed E-state index contributed by atoms with van der Waals surface area (Å²) in [5.74, 6) is 0.0377. The number of thiophene rings is 1. The highest BCUT2D eigenvalue weighted by Crippen LogP contribution is 2.36. The molecule has 1 aliphatic rings. The smallest absolute Gasteiger partial charge is 0.260 e. The zero-order valence-electron chi connectivity index (χ0n) is 15.5. The fourth-order valence-corrected chi connectivity index (χ4v) is 5.36. The van der Waals surface area contributed by atoms with Gasteiger partial charge in [0.2, 0.25) is 5.91 Å². The van der Waals surface area contributed by atoms with Crippen LogP contribution in [-0.2, 0) is 4.79 Å². The van der Waals surface area contributed by atoms with Crippen LogP contribution in [0.4, 0.5) is 4.39 Å². The Balaban J connectivity index is 1.60. The zero-order chi connectivity index (χ0) is 19.7. The maximum atomic E-state index is 13.2. The maximum absolute atomic E-state index is 13.2. The zero-order valence-corrected chi connectivity index (χ0v) is 17.1. The second-order valence-corrected chi connectivity index (χ2v) is 8.99. The summed E-state index contributed by atoms with van der Waals surface area (Å²) in [5, 5.41) is 0.968. The number of nitrogens with one attached hydrogen (secondary N) is 1. The van der Waals surface area contributed by atoms with Gasteiger partial charge in [-0.05, 0) is 43.9 Å². The van der Waals surface area contributed by atoms with Crippen molar-refractivity contribution in [2.24, 2.45) is 0 Å². The van der Waals surface area contributed by atoms with Crippen molar-refractivity contribution < 1.29 is 9.18 Å². The molecule has 4 rings (SSSR count). The van der Waals surface area contributed by atoms with Gasteiger partial charge < -0.3 is 9.88 Å². The van der Waals surface area contributed by atoms with Crippen LogP contribution >= 0.6 is 23.1 Å². The van der Waals surface area contributed by atoms with Gasteiger partial charge in [-0.25, -0.2) is 9.37 Å². The van der Waals surface area contributed by atoms with Crippen LogP contribution < -0.4 is 5.56 Å². The average Bonchev–Trinajstić information content (AvgIpc) is 3.04. The van der Waals surface area contributed by atoms with E-state index in [-0.39, 0.29) is 23.0 Å². The first-order valence-electron chi connectivity index (χ1n) is 9.23. The van der Waals surface area contributed by atoms with Gasteiger partial charge >= 0.3 is 0 Å². The van der Waals surface area contributed by atoms with Gasteiger partial charge in [-0.2, -0.15) is 0 Å².